The van der Waals surface area contributed by atoms with Gasteiger partial charge in [0.1, 0.15) is 17.2 Å². The van der Waals surface area contributed by atoms with Crippen LogP contribution in [0.4, 0.5) is 17.1 Å². The zero-order chi connectivity index (χ0) is 21.0. The molecule has 1 aliphatic heterocycles. The molecular weight excluding hydrogens is 402 g/mol. The summed E-state index contributed by atoms with van der Waals surface area (Å²) in [6, 6.07) is 8.73. The average molecular weight is 423 g/mol. The summed E-state index contributed by atoms with van der Waals surface area (Å²) in [7, 11) is -0.863. The molecule has 1 saturated heterocycles. The van der Waals surface area contributed by atoms with Gasteiger partial charge in [0.25, 0.3) is 5.69 Å². The number of rotatable bonds is 7. The maximum Gasteiger partial charge on any atom is 0.294 e. The van der Waals surface area contributed by atoms with Crippen LogP contribution < -0.4 is 14.8 Å². The van der Waals surface area contributed by atoms with Crippen molar-refractivity contribution in [2.24, 2.45) is 0 Å². The molecule has 29 heavy (non-hydrogen) atoms. The molecule has 156 valence electrons. The summed E-state index contributed by atoms with van der Waals surface area (Å²) in [5, 5.41) is 14.5. The van der Waals surface area contributed by atoms with Gasteiger partial charge in [-0.05, 0) is 12.1 Å². The van der Waals surface area contributed by atoms with Gasteiger partial charge < -0.3 is 19.5 Å². The van der Waals surface area contributed by atoms with Crippen molar-refractivity contribution in [3.63, 3.8) is 0 Å². The smallest absolute Gasteiger partial charge is 0.294 e. The average Bonchev–Trinajstić information content (AvgIpc) is 2.74. The van der Waals surface area contributed by atoms with Gasteiger partial charge in [0.15, 0.2) is 0 Å². The SMILES string of the molecule is COc1cc(Nc2ccc(S(=O)(=O)N3CCOCC3)cc2[N+](=O)[O-])cc(OC)c1. The van der Waals surface area contributed by atoms with Gasteiger partial charge in [0.05, 0.1) is 37.3 Å². The largest absolute Gasteiger partial charge is 0.497 e. The van der Waals surface area contributed by atoms with Crippen molar-refractivity contribution in [1.29, 1.82) is 0 Å². The molecule has 0 radical (unpaired) electrons. The highest BCUT2D eigenvalue weighted by Crippen LogP contribution is 2.34. The van der Waals surface area contributed by atoms with Crippen LogP contribution >= 0.6 is 0 Å². The first-order valence-corrected chi connectivity index (χ1v) is 10.2. The van der Waals surface area contributed by atoms with Crippen LogP contribution in [-0.2, 0) is 14.8 Å². The van der Waals surface area contributed by atoms with E-state index in [9.17, 15) is 18.5 Å². The fourth-order valence-corrected chi connectivity index (χ4v) is 4.33. The number of nitrogens with zero attached hydrogens (tertiary/aromatic N) is 2. The maximum absolute atomic E-state index is 12.8. The summed E-state index contributed by atoms with van der Waals surface area (Å²) >= 11 is 0. The number of methoxy groups -OCH3 is 2. The van der Waals surface area contributed by atoms with Gasteiger partial charge in [0.2, 0.25) is 10.0 Å². The van der Waals surface area contributed by atoms with Gasteiger partial charge in [-0.15, -0.1) is 0 Å². The molecule has 2 aromatic carbocycles. The van der Waals surface area contributed by atoms with Crippen LogP contribution in [0.2, 0.25) is 0 Å². The van der Waals surface area contributed by atoms with Crippen LogP contribution in [0.3, 0.4) is 0 Å². The summed E-state index contributed by atoms with van der Waals surface area (Å²) in [6.07, 6.45) is 0. The quantitative estimate of drug-likeness (QED) is 0.532. The summed E-state index contributed by atoms with van der Waals surface area (Å²) in [6.45, 7) is 0.997. The van der Waals surface area contributed by atoms with Crippen molar-refractivity contribution in [1.82, 2.24) is 4.31 Å². The van der Waals surface area contributed by atoms with Gasteiger partial charge in [0, 0.05) is 43.0 Å². The number of hydrogen-bond donors (Lipinski definition) is 1. The van der Waals surface area contributed by atoms with Crippen molar-refractivity contribution in [2.75, 3.05) is 45.8 Å². The van der Waals surface area contributed by atoms with Crippen LogP contribution in [0, 0.1) is 10.1 Å². The molecule has 11 heteroatoms. The number of morpholine rings is 1. The first-order valence-electron chi connectivity index (χ1n) is 8.71. The minimum absolute atomic E-state index is 0.139. The topological polar surface area (TPSA) is 120 Å². The van der Waals surface area contributed by atoms with E-state index < -0.39 is 14.9 Å². The monoisotopic (exact) mass is 423 g/mol. The Morgan fingerprint density at radius 2 is 1.69 bits per heavy atom. The third-order valence-corrected chi connectivity index (χ3v) is 6.30. The standard InChI is InChI=1S/C18H21N3O7S/c1-26-14-9-13(10-15(11-14)27-2)19-17-4-3-16(12-18(17)21(22)23)29(24,25)20-5-7-28-8-6-20/h3-4,9-12,19H,5-8H2,1-2H3. The highest BCUT2D eigenvalue weighted by atomic mass is 32.2. The predicted molar refractivity (Wildman–Crippen MR) is 106 cm³/mol. The fourth-order valence-electron chi connectivity index (χ4n) is 2.90. The lowest BCUT2D eigenvalue weighted by molar-refractivity contribution is -0.384. The number of nitrogens with one attached hydrogen (secondary N) is 1. The van der Waals surface area contributed by atoms with Crippen LogP contribution in [0.1, 0.15) is 0 Å². The van der Waals surface area contributed by atoms with Crippen molar-refractivity contribution in [3.8, 4) is 11.5 Å². The lowest BCUT2D eigenvalue weighted by Gasteiger charge is -2.26. The van der Waals surface area contributed by atoms with Crippen LogP contribution in [0.15, 0.2) is 41.3 Å². The summed E-state index contributed by atoms with van der Waals surface area (Å²) in [4.78, 5) is 10.8. The van der Waals surface area contributed by atoms with E-state index in [1.165, 1.54) is 30.7 Å². The number of sulfonamides is 1. The van der Waals surface area contributed by atoms with Crippen molar-refractivity contribution in [3.05, 3.63) is 46.5 Å². The second-order valence-corrected chi connectivity index (χ2v) is 8.12. The maximum atomic E-state index is 12.8. The number of anilines is 2. The molecule has 0 spiro atoms. The lowest BCUT2D eigenvalue weighted by atomic mass is 10.2. The van der Waals surface area contributed by atoms with Crippen LogP contribution in [0.5, 0.6) is 11.5 Å². The first kappa shape index (κ1) is 20.8. The van der Waals surface area contributed by atoms with E-state index >= 15 is 0 Å². The minimum Gasteiger partial charge on any atom is -0.497 e. The third-order valence-electron chi connectivity index (χ3n) is 4.40. The lowest BCUT2D eigenvalue weighted by Crippen LogP contribution is -2.40. The molecule has 3 rings (SSSR count). The normalized spacial score (nSPS) is 15.0. The molecule has 1 aliphatic rings. The molecule has 2 aromatic rings. The predicted octanol–water partition coefficient (Wildman–Crippen LogP) is 2.38. The molecule has 0 bridgehead atoms. The Hall–Kier alpha value is -2.89. The molecule has 1 heterocycles. The Bertz CT molecular complexity index is 982. The molecule has 0 saturated carbocycles. The Kier molecular flexibility index (Phi) is 6.20. The van der Waals surface area contributed by atoms with E-state index in [1.807, 2.05) is 0 Å². The van der Waals surface area contributed by atoms with Gasteiger partial charge >= 0.3 is 0 Å². The zero-order valence-corrected chi connectivity index (χ0v) is 16.8. The highest BCUT2D eigenvalue weighted by molar-refractivity contribution is 7.89. The Labute approximate surface area is 168 Å². The highest BCUT2D eigenvalue weighted by Gasteiger charge is 2.29. The fraction of sp³-hybridized carbons (Fsp3) is 0.333. The van der Waals surface area contributed by atoms with Crippen LogP contribution in [-0.4, -0.2) is 58.2 Å². The van der Waals surface area contributed by atoms with Crippen LogP contribution in [0.25, 0.3) is 0 Å². The molecular formula is C18H21N3O7S. The zero-order valence-electron chi connectivity index (χ0n) is 16.0. The first-order chi connectivity index (χ1) is 13.8. The number of hydrogen-bond acceptors (Lipinski definition) is 8. The molecule has 0 atom stereocenters. The van der Waals surface area contributed by atoms with E-state index in [0.29, 0.717) is 30.4 Å². The van der Waals surface area contributed by atoms with Crippen molar-refractivity contribution in [2.45, 2.75) is 4.90 Å². The molecule has 1 fully saturated rings. The van der Waals surface area contributed by atoms with Crippen molar-refractivity contribution < 1.29 is 27.6 Å². The number of nitro benzene ring substituents is 1. The molecule has 0 amide bonds. The Morgan fingerprint density at radius 1 is 1.07 bits per heavy atom. The summed E-state index contributed by atoms with van der Waals surface area (Å²) in [5.74, 6) is 1.00. The van der Waals surface area contributed by atoms with Gasteiger partial charge in [-0.1, -0.05) is 0 Å². The minimum atomic E-state index is -3.85. The van der Waals surface area contributed by atoms with Gasteiger partial charge in [-0.2, -0.15) is 4.31 Å². The van der Waals surface area contributed by atoms with Gasteiger partial charge in [-0.3, -0.25) is 10.1 Å². The third kappa shape index (κ3) is 4.58. The Morgan fingerprint density at radius 3 is 2.24 bits per heavy atom. The summed E-state index contributed by atoms with van der Waals surface area (Å²) in [5.41, 5.74) is 0.278. The molecule has 0 unspecified atom stereocenters. The van der Waals surface area contributed by atoms with Crippen molar-refractivity contribution >= 4 is 27.1 Å². The summed E-state index contributed by atoms with van der Waals surface area (Å²) < 4.78 is 42.4. The molecule has 0 aliphatic carbocycles. The van der Waals surface area contributed by atoms with Gasteiger partial charge in [-0.25, -0.2) is 8.42 Å². The van der Waals surface area contributed by atoms with E-state index in [4.69, 9.17) is 14.2 Å². The van der Waals surface area contributed by atoms with E-state index in [1.54, 1.807) is 18.2 Å². The molecule has 1 N–H and O–H groups in total. The second-order valence-electron chi connectivity index (χ2n) is 6.18. The molecule has 0 aromatic heterocycles. The molecule has 10 nitrogen and oxygen atoms in total. The second kappa shape index (κ2) is 8.64. The number of nitro groups is 1. The number of ether oxygens (including phenoxy) is 3. The van der Waals surface area contributed by atoms with E-state index in [0.717, 1.165) is 6.07 Å². The van der Waals surface area contributed by atoms with E-state index in [-0.39, 0.29) is 29.4 Å². The Balaban J connectivity index is 1.96. The number of benzene rings is 2. The van der Waals surface area contributed by atoms with E-state index in [2.05, 4.69) is 5.32 Å².